The zero-order valence-electron chi connectivity index (χ0n) is 11.8. The summed E-state index contributed by atoms with van der Waals surface area (Å²) in [7, 11) is 0. The summed E-state index contributed by atoms with van der Waals surface area (Å²) in [4.78, 5) is 0. The van der Waals surface area contributed by atoms with Gasteiger partial charge in [-0.1, -0.05) is 68.8 Å². The predicted molar refractivity (Wildman–Crippen MR) is 80.3 cm³/mol. The fourth-order valence-electron chi connectivity index (χ4n) is 2.34. The monoisotopic (exact) mass is 254 g/mol. The van der Waals surface area contributed by atoms with Gasteiger partial charge in [0.1, 0.15) is 6.10 Å². The Morgan fingerprint density at radius 3 is 2.26 bits per heavy atom. The first-order chi connectivity index (χ1) is 9.24. The highest BCUT2D eigenvalue weighted by molar-refractivity contribution is 5.34. The van der Waals surface area contributed by atoms with Crippen LogP contribution in [-0.4, -0.2) is 5.11 Å². The molecule has 0 fully saturated rings. The van der Waals surface area contributed by atoms with E-state index in [0.29, 0.717) is 0 Å². The molecule has 0 saturated carbocycles. The molecule has 0 radical (unpaired) electrons. The van der Waals surface area contributed by atoms with Crippen molar-refractivity contribution in [3.63, 3.8) is 0 Å². The fourth-order valence-corrected chi connectivity index (χ4v) is 2.34. The number of hydrogen-bond donors (Lipinski definition) is 1. The van der Waals surface area contributed by atoms with E-state index in [2.05, 4.69) is 38.1 Å². The number of hydrogen-bond acceptors (Lipinski definition) is 1. The van der Waals surface area contributed by atoms with Crippen LogP contribution in [0.25, 0.3) is 0 Å². The molecule has 0 spiro atoms. The van der Waals surface area contributed by atoms with Crippen molar-refractivity contribution in [3.05, 3.63) is 70.8 Å². The molecule has 0 aliphatic rings. The summed E-state index contributed by atoms with van der Waals surface area (Å²) < 4.78 is 0. The number of rotatable bonds is 5. The lowest BCUT2D eigenvalue weighted by atomic mass is 9.97. The van der Waals surface area contributed by atoms with Gasteiger partial charge in [-0.25, -0.2) is 0 Å². The molecule has 2 rings (SSSR count). The van der Waals surface area contributed by atoms with E-state index in [9.17, 15) is 5.11 Å². The van der Waals surface area contributed by atoms with Crippen molar-refractivity contribution in [1.82, 2.24) is 0 Å². The van der Waals surface area contributed by atoms with Crippen molar-refractivity contribution in [1.29, 1.82) is 0 Å². The molecule has 1 N–H and O–H groups in total. The molecule has 1 atom stereocenters. The van der Waals surface area contributed by atoms with E-state index < -0.39 is 6.10 Å². The molecule has 0 saturated heterocycles. The molecule has 1 heteroatoms. The predicted octanol–water partition coefficient (Wildman–Crippen LogP) is 4.28. The Hall–Kier alpha value is -1.60. The molecule has 0 heterocycles. The van der Waals surface area contributed by atoms with Crippen LogP contribution in [0.4, 0.5) is 0 Å². The Morgan fingerprint density at radius 1 is 0.895 bits per heavy atom. The van der Waals surface area contributed by atoms with Crippen molar-refractivity contribution in [2.45, 2.75) is 39.2 Å². The van der Waals surface area contributed by atoms with E-state index in [1.807, 2.05) is 24.3 Å². The molecule has 0 aromatic heterocycles. The third kappa shape index (κ3) is 3.45. The summed E-state index contributed by atoms with van der Waals surface area (Å²) in [6.45, 7) is 4.31. The Morgan fingerprint density at radius 2 is 1.63 bits per heavy atom. The van der Waals surface area contributed by atoms with Gasteiger partial charge in [-0.2, -0.15) is 0 Å². The third-order valence-electron chi connectivity index (χ3n) is 3.51. The minimum Gasteiger partial charge on any atom is -0.384 e. The second-order valence-electron chi connectivity index (χ2n) is 4.99. The number of benzene rings is 2. The Labute approximate surface area is 115 Å². The summed E-state index contributed by atoms with van der Waals surface area (Å²) in [6.07, 6.45) is 2.70. The molecular formula is C18H22O. The van der Waals surface area contributed by atoms with E-state index in [0.717, 1.165) is 30.4 Å². The molecule has 0 bridgehead atoms. The number of aliphatic hydroxyl groups is 1. The standard InChI is InChI=1S/C18H22O/c1-3-6-15-7-5-8-17(13-15)18(19)16-11-9-14(4-2)10-12-16/h5,7-13,18-19H,3-4,6H2,1-2H3. The summed E-state index contributed by atoms with van der Waals surface area (Å²) in [5.74, 6) is 0. The molecule has 0 amide bonds. The number of aryl methyl sites for hydroxylation is 2. The van der Waals surface area contributed by atoms with Gasteiger partial charge in [0.15, 0.2) is 0 Å². The molecular weight excluding hydrogens is 232 g/mol. The van der Waals surface area contributed by atoms with Gasteiger partial charge in [-0.05, 0) is 35.1 Å². The molecule has 100 valence electrons. The molecule has 19 heavy (non-hydrogen) atoms. The zero-order chi connectivity index (χ0) is 13.7. The first-order valence-corrected chi connectivity index (χ1v) is 7.10. The van der Waals surface area contributed by atoms with Crippen LogP contribution in [0, 0.1) is 0 Å². The molecule has 0 aliphatic heterocycles. The summed E-state index contributed by atoms with van der Waals surface area (Å²) in [5, 5.41) is 10.4. The van der Waals surface area contributed by atoms with Crippen LogP contribution in [0.2, 0.25) is 0 Å². The van der Waals surface area contributed by atoms with Crippen LogP contribution in [0.3, 0.4) is 0 Å². The second kappa shape index (κ2) is 6.53. The molecule has 2 aromatic rings. The Kier molecular flexibility index (Phi) is 4.75. The van der Waals surface area contributed by atoms with Crippen LogP contribution in [-0.2, 0) is 12.8 Å². The minimum atomic E-state index is -0.525. The van der Waals surface area contributed by atoms with Gasteiger partial charge in [-0.3, -0.25) is 0 Å². The normalized spacial score (nSPS) is 12.4. The maximum atomic E-state index is 10.4. The van der Waals surface area contributed by atoms with Crippen molar-refractivity contribution in [2.75, 3.05) is 0 Å². The third-order valence-corrected chi connectivity index (χ3v) is 3.51. The van der Waals surface area contributed by atoms with Gasteiger partial charge in [0.05, 0.1) is 0 Å². The van der Waals surface area contributed by atoms with E-state index in [-0.39, 0.29) is 0 Å². The molecule has 2 aromatic carbocycles. The van der Waals surface area contributed by atoms with E-state index in [1.54, 1.807) is 0 Å². The van der Waals surface area contributed by atoms with E-state index in [4.69, 9.17) is 0 Å². The maximum absolute atomic E-state index is 10.4. The maximum Gasteiger partial charge on any atom is 0.104 e. The topological polar surface area (TPSA) is 20.2 Å². The van der Waals surface area contributed by atoms with Gasteiger partial charge in [-0.15, -0.1) is 0 Å². The number of aliphatic hydroxyl groups excluding tert-OH is 1. The summed E-state index contributed by atoms with van der Waals surface area (Å²) in [6, 6.07) is 16.5. The van der Waals surface area contributed by atoms with Gasteiger partial charge in [0, 0.05) is 0 Å². The molecule has 1 unspecified atom stereocenters. The Balaban J connectivity index is 2.22. The first kappa shape index (κ1) is 13.8. The molecule has 1 nitrogen and oxygen atoms in total. The van der Waals surface area contributed by atoms with Crippen molar-refractivity contribution in [2.24, 2.45) is 0 Å². The van der Waals surface area contributed by atoms with Crippen molar-refractivity contribution >= 4 is 0 Å². The van der Waals surface area contributed by atoms with Crippen LogP contribution in [0.5, 0.6) is 0 Å². The van der Waals surface area contributed by atoms with Crippen molar-refractivity contribution in [3.8, 4) is 0 Å². The average Bonchev–Trinajstić information content (AvgIpc) is 2.47. The summed E-state index contributed by atoms with van der Waals surface area (Å²) >= 11 is 0. The lowest BCUT2D eigenvalue weighted by Gasteiger charge is -2.13. The zero-order valence-corrected chi connectivity index (χ0v) is 11.8. The van der Waals surface area contributed by atoms with Crippen LogP contribution >= 0.6 is 0 Å². The van der Waals surface area contributed by atoms with E-state index >= 15 is 0 Å². The van der Waals surface area contributed by atoms with Crippen LogP contribution in [0.1, 0.15) is 48.6 Å². The van der Waals surface area contributed by atoms with Gasteiger partial charge < -0.3 is 5.11 Å². The summed E-state index contributed by atoms with van der Waals surface area (Å²) in [5.41, 5.74) is 4.54. The first-order valence-electron chi connectivity index (χ1n) is 7.10. The SMILES string of the molecule is CCCc1cccc(C(O)c2ccc(CC)cc2)c1. The Bertz CT molecular complexity index is 513. The quantitative estimate of drug-likeness (QED) is 0.844. The minimum absolute atomic E-state index is 0.525. The highest BCUT2D eigenvalue weighted by atomic mass is 16.3. The fraction of sp³-hybridized carbons (Fsp3) is 0.333. The molecule has 0 aliphatic carbocycles. The van der Waals surface area contributed by atoms with Gasteiger partial charge in [0.25, 0.3) is 0 Å². The van der Waals surface area contributed by atoms with Gasteiger partial charge in [0.2, 0.25) is 0 Å². The van der Waals surface area contributed by atoms with Crippen LogP contribution < -0.4 is 0 Å². The lowest BCUT2D eigenvalue weighted by molar-refractivity contribution is 0.220. The largest absolute Gasteiger partial charge is 0.384 e. The average molecular weight is 254 g/mol. The lowest BCUT2D eigenvalue weighted by Crippen LogP contribution is -2.00. The van der Waals surface area contributed by atoms with E-state index in [1.165, 1.54) is 11.1 Å². The highest BCUT2D eigenvalue weighted by Crippen LogP contribution is 2.23. The second-order valence-corrected chi connectivity index (χ2v) is 4.99. The van der Waals surface area contributed by atoms with Gasteiger partial charge >= 0.3 is 0 Å². The van der Waals surface area contributed by atoms with Crippen LogP contribution in [0.15, 0.2) is 48.5 Å². The smallest absolute Gasteiger partial charge is 0.104 e. The highest BCUT2D eigenvalue weighted by Gasteiger charge is 2.10. The van der Waals surface area contributed by atoms with Crippen molar-refractivity contribution < 1.29 is 5.11 Å².